The zero-order valence-corrected chi connectivity index (χ0v) is 8.03. The molecule has 0 aliphatic carbocycles. The Kier molecular flexibility index (Phi) is 1.62. The molecule has 0 saturated heterocycles. The van der Waals surface area contributed by atoms with Crippen molar-refractivity contribution in [3.05, 3.63) is 59.7 Å². The van der Waals surface area contributed by atoms with Crippen molar-refractivity contribution in [2.24, 2.45) is 0 Å². The van der Waals surface area contributed by atoms with Crippen molar-refractivity contribution in [1.29, 1.82) is 5.41 Å². The molecule has 1 N–H and O–H groups in total. The Hall–Kier alpha value is -2.09. The molecule has 0 amide bonds. The van der Waals surface area contributed by atoms with Gasteiger partial charge in [0.05, 0.1) is 5.71 Å². The first-order valence-electron chi connectivity index (χ1n) is 4.81. The van der Waals surface area contributed by atoms with Crippen molar-refractivity contribution in [3.63, 3.8) is 0 Å². The van der Waals surface area contributed by atoms with Gasteiger partial charge >= 0.3 is 0 Å². The van der Waals surface area contributed by atoms with E-state index in [-0.39, 0.29) is 0 Å². The quantitative estimate of drug-likeness (QED) is 0.494. The van der Waals surface area contributed by atoms with Crippen molar-refractivity contribution >= 4 is 5.71 Å². The summed E-state index contributed by atoms with van der Waals surface area (Å²) in [4.78, 5) is 0. The number of nitrogens with one attached hydrogen (secondary N) is 1. The molecule has 1 aliphatic heterocycles. The predicted octanol–water partition coefficient (Wildman–Crippen LogP) is 3.21. The lowest BCUT2D eigenvalue weighted by molar-refractivity contribution is 0.649. The summed E-state index contributed by atoms with van der Waals surface area (Å²) < 4.78 is 5.27. The lowest BCUT2D eigenvalue weighted by Gasteiger charge is -2.01. The van der Waals surface area contributed by atoms with Crippen molar-refractivity contribution in [3.8, 4) is 11.5 Å². The summed E-state index contributed by atoms with van der Waals surface area (Å²) in [5.41, 5.74) is 2.31. The smallest absolute Gasteiger partial charge is 0.179 e. The maximum atomic E-state index is 8.06. The molecule has 0 spiro atoms. The number of benzene rings is 2. The van der Waals surface area contributed by atoms with Crippen molar-refractivity contribution < 1.29 is 4.74 Å². The molecule has 1 heterocycles. The van der Waals surface area contributed by atoms with E-state index >= 15 is 0 Å². The summed E-state index contributed by atoms with van der Waals surface area (Å²) in [7, 11) is 0. The van der Waals surface area contributed by atoms with E-state index in [1.54, 1.807) is 0 Å². The molecule has 0 radical (unpaired) electrons. The molecular weight excluding hydrogens is 186 g/mol. The topological polar surface area (TPSA) is 36.4 Å². The first-order valence-corrected chi connectivity index (χ1v) is 4.81. The fraction of sp³-hybridized carbons (Fsp3) is 0. The third kappa shape index (κ3) is 1.31. The third-order valence-corrected chi connectivity index (χ3v) is 2.48. The van der Waals surface area contributed by atoms with Crippen LogP contribution in [0.3, 0.4) is 0 Å². The third-order valence-electron chi connectivity index (χ3n) is 2.48. The maximum Gasteiger partial charge on any atom is 0.179 e. The molecule has 3 rings (SSSR count). The molecule has 0 unspecified atom stereocenters. The molecule has 0 saturated carbocycles. The molecule has 72 valence electrons. The summed E-state index contributed by atoms with van der Waals surface area (Å²) in [6.07, 6.45) is 0. The Morgan fingerprint density at radius 1 is 0.933 bits per heavy atom. The molecule has 0 atom stereocenters. The van der Waals surface area contributed by atoms with E-state index in [1.807, 2.05) is 48.5 Å². The average Bonchev–Trinajstić information content (AvgIpc) is 3.08. The summed E-state index contributed by atoms with van der Waals surface area (Å²) in [6.45, 7) is 0. The van der Waals surface area contributed by atoms with Gasteiger partial charge in [0.15, 0.2) is 11.5 Å². The van der Waals surface area contributed by atoms with Crippen LogP contribution in [-0.4, -0.2) is 5.71 Å². The van der Waals surface area contributed by atoms with Gasteiger partial charge in [-0.2, -0.15) is 0 Å². The fourth-order valence-corrected chi connectivity index (χ4v) is 1.65. The molecule has 2 nitrogen and oxygen atoms in total. The van der Waals surface area contributed by atoms with E-state index in [2.05, 4.69) is 0 Å². The lowest BCUT2D eigenvalue weighted by Crippen LogP contribution is -1.99. The molecular formula is C13H9NO. The van der Waals surface area contributed by atoms with Crippen LogP contribution in [0.5, 0.6) is 11.5 Å². The molecule has 2 heteroatoms. The van der Waals surface area contributed by atoms with E-state index < -0.39 is 0 Å². The van der Waals surface area contributed by atoms with Crippen molar-refractivity contribution in [2.45, 2.75) is 0 Å². The second kappa shape index (κ2) is 2.95. The first-order chi connectivity index (χ1) is 7.36. The van der Waals surface area contributed by atoms with Gasteiger partial charge in [-0.3, -0.25) is 5.41 Å². The van der Waals surface area contributed by atoms with Crippen LogP contribution < -0.4 is 4.74 Å². The van der Waals surface area contributed by atoms with Crippen molar-refractivity contribution in [2.75, 3.05) is 0 Å². The van der Waals surface area contributed by atoms with E-state index in [0.29, 0.717) is 5.71 Å². The minimum Gasteiger partial charge on any atom is -0.449 e. The summed E-state index contributed by atoms with van der Waals surface area (Å²) >= 11 is 0. The number of para-hydroxylation sites is 1. The molecule has 0 bridgehead atoms. The number of hydrogen-bond donors (Lipinski definition) is 1. The van der Waals surface area contributed by atoms with Crippen molar-refractivity contribution in [1.82, 2.24) is 0 Å². The Balaban J connectivity index is 2.04. The molecule has 15 heavy (non-hydrogen) atoms. The average molecular weight is 195 g/mol. The van der Waals surface area contributed by atoms with Crippen LogP contribution in [0.25, 0.3) is 0 Å². The van der Waals surface area contributed by atoms with Gasteiger partial charge in [-0.25, -0.2) is 0 Å². The molecule has 0 aromatic heterocycles. The standard InChI is InChI=1S/C13H9NO/c14-12(9-5-2-1-3-6-9)10-7-4-8-11-13(10)15-11/h1-8,14H. The number of rotatable bonds is 2. The second-order valence-corrected chi connectivity index (χ2v) is 3.48. The number of fused-ring (bicyclic) bond motifs is 1. The highest BCUT2D eigenvalue weighted by molar-refractivity contribution is 6.13. The monoisotopic (exact) mass is 195 g/mol. The predicted molar refractivity (Wildman–Crippen MR) is 58.9 cm³/mol. The second-order valence-electron chi connectivity index (χ2n) is 3.48. The van der Waals surface area contributed by atoms with Gasteiger partial charge in [-0.05, 0) is 12.1 Å². The number of hydrogen-bond acceptors (Lipinski definition) is 2. The fourth-order valence-electron chi connectivity index (χ4n) is 1.65. The highest BCUT2D eigenvalue weighted by Crippen LogP contribution is 2.48. The van der Waals surface area contributed by atoms with Crippen LogP contribution >= 0.6 is 0 Å². The van der Waals surface area contributed by atoms with Crippen LogP contribution in [0.2, 0.25) is 0 Å². The summed E-state index contributed by atoms with van der Waals surface area (Å²) in [5.74, 6) is 1.75. The Morgan fingerprint density at radius 3 is 2.53 bits per heavy atom. The number of ether oxygens (including phenoxy) is 1. The van der Waals surface area contributed by atoms with Crippen LogP contribution in [0.4, 0.5) is 0 Å². The molecule has 2 aromatic rings. The molecule has 1 aliphatic rings. The van der Waals surface area contributed by atoms with Gasteiger partial charge in [0.25, 0.3) is 0 Å². The maximum absolute atomic E-state index is 8.06. The molecule has 2 aromatic carbocycles. The highest BCUT2D eigenvalue weighted by Gasteiger charge is 2.25. The van der Waals surface area contributed by atoms with Crippen LogP contribution in [0.1, 0.15) is 11.1 Å². The zero-order valence-electron chi connectivity index (χ0n) is 8.03. The SMILES string of the molecule is N=C(c1ccccc1)c1cccc2c1O2. The van der Waals surface area contributed by atoms with Gasteiger partial charge in [-0.1, -0.05) is 36.4 Å². The molecule has 0 fully saturated rings. The van der Waals surface area contributed by atoms with Crippen LogP contribution in [0, 0.1) is 5.41 Å². The zero-order chi connectivity index (χ0) is 10.3. The van der Waals surface area contributed by atoms with E-state index in [1.165, 1.54) is 0 Å². The Labute approximate surface area is 87.6 Å². The minimum absolute atomic E-state index is 0.518. The minimum atomic E-state index is 0.518. The van der Waals surface area contributed by atoms with Gasteiger partial charge < -0.3 is 4.74 Å². The van der Waals surface area contributed by atoms with Crippen LogP contribution in [-0.2, 0) is 0 Å². The Morgan fingerprint density at radius 2 is 1.73 bits per heavy atom. The van der Waals surface area contributed by atoms with Gasteiger partial charge in [0.1, 0.15) is 0 Å². The van der Waals surface area contributed by atoms with Gasteiger partial charge in [-0.15, -0.1) is 0 Å². The van der Waals surface area contributed by atoms with Crippen LogP contribution in [0.15, 0.2) is 48.5 Å². The van der Waals surface area contributed by atoms with Gasteiger partial charge in [0.2, 0.25) is 0 Å². The van der Waals surface area contributed by atoms with Gasteiger partial charge in [0, 0.05) is 11.1 Å². The summed E-state index contributed by atoms with van der Waals surface area (Å²) in [5, 5.41) is 8.06. The van der Waals surface area contributed by atoms with E-state index in [0.717, 1.165) is 22.6 Å². The normalized spacial score (nSPS) is 11.5. The van der Waals surface area contributed by atoms with E-state index in [9.17, 15) is 0 Å². The first kappa shape index (κ1) is 8.24. The highest BCUT2D eigenvalue weighted by atomic mass is 16.6. The largest absolute Gasteiger partial charge is 0.449 e. The Bertz CT molecular complexity index is 531. The van der Waals surface area contributed by atoms with E-state index in [4.69, 9.17) is 10.1 Å². The summed E-state index contributed by atoms with van der Waals surface area (Å²) in [6, 6.07) is 15.4. The lowest BCUT2D eigenvalue weighted by atomic mass is 10.0.